The fourth-order valence-corrected chi connectivity index (χ4v) is 4.63. The number of aliphatic hydroxyl groups is 1. The molecule has 0 aromatic heterocycles. The lowest BCUT2D eigenvalue weighted by molar-refractivity contribution is 0.0663. The maximum Gasteiger partial charge on any atom is 0.120 e. The highest BCUT2D eigenvalue weighted by Crippen LogP contribution is 2.27. The molecule has 1 aliphatic heterocycles. The molecule has 3 aromatic carbocycles. The van der Waals surface area contributed by atoms with Crippen LogP contribution in [0.25, 0.3) is 10.8 Å². The molecule has 0 spiro atoms. The molecule has 4 nitrogen and oxygen atoms in total. The largest absolute Gasteiger partial charge is 0.491 e. The maximum atomic E-state index is 10.5. The number of rotatable bonds is 6. The van der Waals surface area contributed by atoms with E-state index >= 15 is 0 Å². The van der Waals surface area contributed by atoms with Gasteiger partial charge in [0.05, 0.1) is 0 Å². The predicted molar refractivity (Wildman–Crippen MR) is 125 cm³/mol. The number of ether oxygens (including phenoxy) is 1. The van der Waals surface area contributed by atoms with Crippen molar-refractivity contribution in [1.82, 2.24) is 4.90 Å². The van der Waals surface area contributed by atoms with Gasteiger partial charge in [-0.05, 0) is 54.8 Å². The Kier molecular flexibility index (Phi) is 6.26. The molecule has 4 rings (SSSR count). The SMILES string of the molecule is Cc1cc(C)c(N2CCN(C[C@H](O)COc3ccc4ccccc4c3)CC2)c(C)c1. The second kappa shape index (κ2) is 9.07. The Morgan fingerprint density at radius 2 is 1.53 bits per heavy atom. The van der Waals surface area contributed by atoms with Gasteiger partial charge in [0.25, 0.3) is 0 Å². The Labute approximate surface area is 179 Å². The van der Waals surface area contributed by atoms with Crippen molar-refractivity contribution in [3.05, 3.63) is 71.3 Å². The quantitative estimate of drug-likeness (QED) is 0.664. The molecule has 0 aliphatic carbocycles. The van der Waals surface area contributed by atoms with Gasteiger partial charge in [0.1, 0.15) is 18.5 Å². The minimum absolute atomic E-state index is 0.314. The predicted octanol–water partition coefficient (Wildman–Crippen LogP) is 4.33. The van der Waals surface area contributed by atoms with Crippen LogP contribution in [0, 0.1) is 20.8 Å². The van der Waals surface area contributed by atoms with Gasteiger partial charge in [-0.2, -0.15) is 0 Å². The summed E-state index contributed by atoms with van der Waals surface area (Å²) in [4.78, 5) is 4.82. The maximum absolute atomic E-state index is 10.5. The van der Waals surface area contributed by atoms with Crippen molar-refractivity contribution in [2.45, 2.75) is 26.9 Å². The molecule has 0 saturated carbocycles. The number of nitrogens with zero attached hydrogens (tertiary/aromatic N) is 2. The van der Waals surface area contributed by atoms with Crippen molar-refractivity contribution in [3.8, 4) is 5.75 Å². The van der Waals surface area contributed by atoms with Crippen LogP contribution in [-0.4, -0.2) is 55.4 Å². The third-order valence-electron chi connectivity index (χ3n) is 5.96. The molecule has 3 aromatic rings. The third kappa shape index (κ3) is 4.77. The second-order valence-corrected chi connectivity index (χ2v) is 8.51. The number of piperazine rings is 1. The molecule has 1 atom stereocenters. The van der Waals surface area contributed by atoms with Gasteiger partial charge < -0.3 is 14.7 Å². The smallest absolute Gasteiger partial charge is 0.120 e. The van der Waals surface area contributed by atoms with E-state index in [1.807, 2.05) is 24.3 Å². The minimum atomic E-state index is -0.495. The summed E-state index contributed by atoms with van der Waals surface area (Å²) in [6, 6.07) is 18.8. The summed E-state index contributed by atoms with van der Waals surface area (Å²) in [5.74, 6) is 0.808. The van der Waals surface area contributed by atoms with E-state index in [1.165, 1.54) is 27.8 Å². The lowest BCUT2D eigenvalue weighted by Gasteiger charge is -2.38. The average Bonchev–Trinajstić information content (AvgIpc) is 2.72. The Morgan fingerprint density at radius 1 is 0.867 bits per heavy atom. The number of benzene rings is 3. The topological polar surface area (TPSA) is 35.9 Å². The van der Waals surface area contributed by atoms with Gasteiger partial charge in [-0.3, -0.25) is 4.90 Å². The van der Waals surface area contributed by atoms with Crippen LogP contribution in [0.2, 0.25) is 0 Å². The molecule has 0 amide bonds. The van der Waals surface area contributed by atoms with E-state index < -0.39 is 6.10 Å². The van der Waals surface area contributed by atoms with Crippen LogP contribution < -0.4 is 9.64 Å². The first kappa shape index (κ1) is 20.7. The fourth-order valence-electron chi connectivity index (χ4n) is 4.63. The molecule has 1 heterocycles. The van der Waals surface area contributed by atoms with Crippen molar-refractivity contribution < 1.29 is 9.84 Å². The Balaban J connectivity index is 1.27. The molecule has 0 unspecified atom stereocenters. The van der Waals surface area contributed by atoms with Crippen LogP contribution in [0.15, 0.2) is 54.6 Å². The molecule has 0 radical (unpaired) electrons. The molecule has 30 heavy (non-hydrogen) atoms. The Bertz CT molecular complexity index is 986. The van der Waals surface area contributed by atoms with Crippen LogP contribution in [0.1, 0.15) is 16.7 Å². The van der Waals surface area contributed by atoms with Gasteiger partial charge >= 0.3 is 0 Å². The summed E-state index contributed by atoms with van der Waals surface area (Å²) in [5.41, 5.74) is 5.40. The van der Waals surface area contributed by atoms with Crippen molar-refractivity contribution >= 4 is 16.5 Å². The first-order valence-electron chi connectivity index (χ1n) is 10.8. The van der Waals surface area contributed by atoms with E-state index in [-0.39, 0.29) is 0 Å². The van der Waals surface area contributed by atoms with Crippen molar-refractivity contribution in [1.29, 1.82) is 0 Å². The number of hydrogen-bond acceptors (Lipinski definition) is 4. The highest BCUT2D eigenvalue weighted by molar-refractivity contribution is 5.83. The zero-order valence-electron chi connectivity index (χ0n) is 18.3. The van der Waals surface area contributed by atoms with E-state index in [4.69, 9.17) is 4.74 Å². The molecule has 1 saturated heterocycles. The van der Waals surface area contributed by atoms with Crippen LogP contribution in [-0.2, 0) is 0 Å². The summed E-state index contributed by atoms with van der Waals surface area (Å²) in [6.07, 6.45) is -0.495. The zero-order valence-corrected chi connectivity index (χ0v) is 18.3. The third-order valence-corrected chi connectivity index (χ3v) is 5.96. The van der Waals surface area contributed by atoms with Gasteiger partial charge in [-0.1, -0.05) is 48.0 Å². The summed E-state index contributed by atoms with van der Waals surface area (Å²) < 4.78 is 5.86. The number of anilines is 1. The lowest BCUT2D eigenvalue weighted by atomic mass is 10.0. The van der Waals surface area contributed by atoms with Gasteiger partial charge in [-0.15, -0.1) is 0 Å². The van der Waals surface area contributed by atoms with Crippen molar-refractivity contribution in [2.75, 3.05) is 44.2 Å². The number of aliphatic hydroxyl groups excluding tert-OH is 1. The van der Waals surface area contributed by atoms with Gasteiger partial charge in [0.15, 0.2) is 0 Å². The number of aryl methyl sites for hydroxylation is 3. The van der Waals surface area contributed by atoms with Crippen LogP contribution >= 0.6 is 0 Å². The van der Waals surface area contributed by atoms with Crippen molar-refractivity contribution in [3.63, 3.8) is 0 Å². The monoisotopic (exact) mass is 404 g/mol. The summed E-state index contributed by atoms with van der Waals surface area (Å²) in [5, 5.41) is 12.8. The molecule has 158 valence electrons. The van der Waals surface area contributed by atoms with Gasteiger partial charge in [0.2, 0.25) is 0 Å². The first-order chi connectivity index (χ1) is 14.5. The lowest BCUT2D eigenvalue weighted by Crippen LogP contribution is -2.49. The van der Waals surface area contributed by atoms with Crippen LogP contribution in [0.3, 0.4) is 0 Å². The van der Waals surface area contributed by atoms with E-state index in [1.54, 1.807) is 0 Å². The molecule has 1 fully saturated rings. The standard InChI is InChI=1S/C26H32N2O2/c1-19-14-20(2)26(21(3)15-19)28-12-10-27(11-13-28)17-24(29)18-30-25-9-8-22-6-4-5-7-23(22)16-25/h4-9,14-16,24,29H,10-13,17-18H2,1-3H3/t24-/m0/s1. The molecule has 4 heteroatoms. The van der Waals surface area contributed by atoms with E-state index in [2.05, 4.69) is 60.9 Å². The highest BCUT2D eigenvalue weighted by atomic mass is 16.5. The molecule has 1 aliphatic rings. The van der Waals surface area contributed by atoms with E-state index in [9.17, 15) is 5.11 Å². The highest BCUT2D eigenvalue weighted by Gasteiger charge is 2.21. The molecule has 0 bridgehead atoms. The Hall–Kier alpha value is -2.56. The zero-order chi connectivity index (χ0) is 21.1. The van der Waals surface area contributed by atoms with Crippen LogP contribution in [0.4, 0.5) is 5.69 Å². The number of hydrogen-bond donors (Lipinski definition) is 1. The van der Waals surface area contributed by atoms with Gasteiger partial charge in [0, 0.05) is 38.4 Å². The summed E-state index contributed by atoms with van der Waals surface area (Å²) in [6.45, 7) is 11.4. The molecular formula is C26H32N2O2. The van der Waals surface area contributed by atoms with E-state index in [0.29, 0.717) is 13.2 Å². The van der Waals surface area contributed by atoms with Gasteiger partial charge in [-0.25, -0.2) is 0 Å². The number of β-amino-alcohol motifs (C(OH)–C–C–N with tert-alkyl or cyclic N) is 1. The second-order valence-electron chi connectivity index (χ2n) is 8.51. The number of fused-ring (bicyclic) bond motifs is 1. The summed E-state index contributed by atoms with van der Waals surface area (Å²) in [7, 11) is 0. The summed E-state index contributed by atoms with van der Waals surface area (Å²) >= 11 is 0. The average molecular weight is 405 g/mol. The Morgan fingerprint density at radius 3 is 2.23 bits per heavy atom. The van der Waals surface area contributed by atoms with E-state index in [0.717, 1.165) is 37.3 Å². The molecule has 1 N–H and O–H groups in total. The van der Waals surface area contributed by atoms with Crippen LogP contribution in [0.5, 0.6) is 5.75 Å². The minimum Gasteiger partial charge on any atom is -0.491 e. The van der Waals surface area contributed by atoms with Crippen molar-refractivity contribution in [2.24, 2.45) is 0 Å². The normalized spacial score (nSPS) is 16.1. The first-order valence-corrected chi connectivity index (χ1v) is 10.8. The molecular weight excluding hydrogens is 372 g/mol. The fraction of sp³-hybridized carbons (Fsp3) is 0.385.